The maximum absolute atomic E-state index is 3.98. The summed E-state index contributed by atoms with van der Waals surface area (Å²) in [4.78, 5) is 49.9. The summed E-state index contributed by atoms with van der Waals surface area (Å²) in [6.07, 6.45) is 37.6. The minimum Gasteiger partial charge on any atom is -0.341 e. The van der Waals surface area contributed by atoms with Crippen molar-refractivity contribution < 1.29 is 0 Å². The van der Waals surface area contributed by atoms with E-state index in [9.17, 15) is 0 Å². The van der Waals surface area contributed by atoms with Crippen molar-refractivity contribution in [2.75, 3.05) is 0 Å². The number of H-pyrrole nitrogens is 1. The van der Waals surface area contributed by atoms with Crippen molar-refractivity contribution in [3.05, 3.63) is 255 Å². The molecule has 0 aliphatic rings. The zero-order valence-electron chi connectivity index (χ0n) is 66.0. The molecule has 0 amide bonds. The molecule has 0 spiro atoms. The van der Waals surface area contributed by atoms with Crippen molar-refractivity contribution in [2.24, 2.45) is 14.1 Å². The molecule has 21 nitrogen and oxygen atoms in total. The Balaban J connectivity index is -0.0000000894. The predicted molar refractivity (Wildman–Crippen MR) is 411 cm³/mol. The summed E-state index contributed by atoms with van der Waals surface area (Å²) in [6.45, 7) is 61.5. The van der Waals surface area contributed by atoms with E-state index in [1.54, 1.807) is 116 Å². The van der Waals surface area contributed by atoms with Crippen molar-refractivity contribution in [2.45, 2.75) is 215 Å². The van der Waals surface area contributed by atoms with Crippen LogP contribution in [0.4, 0.5) is 0 Å². The first kappa shape index (κ1) is 111. The Bertz CT molecular complexity index is 2270. The number of nitrogens with zero attached hydrogens (tertiary/aromatic N) is 20. The van der Waals surface area contributed by atoms with Crippen LogP contribution in [0.5, 0.6) is 0 Å². The van der Waals surface area contributed by atoms with Crippen LogP contribution in [-0.2, 0) is 14.1 Å². The number of rotatable bonds is 0. The Morgan fingerprint density at radius 2 is 0.771 bits per heavy atom. The minimum absolute atomic E-state index is 0.822. The molecule has 538 valence electrons. The highest BCUT2D eigenvalue weighted by Gasteiger charge is 1.80. The first-order valence-corrected chi connectivity index (χ1v) is 33.6. The van der Waals surface area contributed by atoms with E-state index in [4.69, 9.17) is 0 Å². The zero-order chi connectivity index (χ0) is 76.1. The van der Waals surface area contributed by atoms with Gasteiger partial charge in [0.2, 0.25) is 0 Å². The number of pyridine rings is 3. The van der Waals surface area contributed by atoms with Gasteiger partial charge in [0.15, 0.2) is 0 Å². The van der Waals surface area contributed by atoms with Crippen LogP contribution in [0.25, 0.3) is 0 Å². The Kier molecular flexibility index (Phi) is 123. The third-order valence-corrected chi connectivity index (χ3v) is 7.69. The topological polar surface area (TPSA) is 258 Å². The minimum atomic E-state index is 0.822. The van der Waals surface area contributed by atoms with E-state index in [-0.39, 0.29) is 0 Å². The number of aromatic nitrogens is 21. The highest BCUT2D eigenvalue weighted by molar-refractivity contribution is 5.06. The molecule has 0 aliphatic carbocycles. The quantitative estimate of drug-likeness (QED) is 0.148. The lowest BCUT2D eigenvalue weighted by Gasteiger charge is -1.82. The first-order chi connectivity index (χ1) is 46.8. The van der Waals surface area contributed by atoms with Crippen molar-refractivity contribution >= 4 is 0 Å². The third kappa shape index (κ3) is 103. The molecule has 0 atom stereocenters. The van der Waals surface area contributed by atoms with Crippen LogP contribution in [0, 0.1) is 62.3 Å². The summed E-state index contributed by atoms with van der Waals surface area (Å²) in [7, 11) is 3.81. The van der Waals surface area contributed by atoms with E-state index in [0.717, 1.165) is 40.0 Å². The number of hydrogen-bond acceptors (Lipinski definition) is 18. The van der Waals surface area contributed by atoms with E-state index >= 15 is 0 Å². The van der Waals surface area contributed by atoms with Crippen molar-refractivity contribution in [3.8, 4) is 0 Å². The predicted octanol–water partition coefficient (Wildman–Crippen LogP) is 19.7. The summed E-state index contributed by atoms with van der Waals surface area (Å²) in [6, 6.07) is 21.2. The molecule has 0 saturated heterocycles. The lowest BCUT2D eigenvalue weighted by molar-refractivity contribution is 0.910. The van der Waals surface area contributed by atoms with Crippen LogP contribution < -0.4 is 0 Å². The van der Waals surface area contributed by atoms with Crippen LogP contribution in [0.1, 0.15) is 203 Å². The number of hydrogen-bond donors (Lipinski definition) is 1. The van der Waals surface area contributed by atoms with Crippen LogP contribution in [-0.4, -0.2) is 105 Å². The third-order valence-electron chi connectivity index (χ3n) is 7.69. The van der Waals surface area contributed by atoms with Gasteiger partial charge in [-0.15, -0.1) is 10.2 Å². The molecule has 11 heterocycles. The number of imidazole rings is 1. The molecule has 0 saturated carbocycles. The van der Waals surface area contributed by atoms with Gasteiger partial charge in [-0.1, -0.05) is 164 Å². The fourth-order valence-corrected chi connectivity index (χ4v) is 4.02. The van der Waals surface area contributed by atoms with E-state index in [0.29, 0.717) is 0 Å². The zero-order valence-corrected chi connectivity index (χ0v) is 66.0. The smallest absolute Gasteiger partial charge is 0.137 e. The van der Waals surface area contributed by atoms with E-state index in [1.165, 1.54) is 30.1 Å². The number of aromatic amines is 1. The Labute approximate surface area is 585 Å². The van der Waals surface area contributed by atoms with E-state index in [1.807, 2.05) is 306 Å². The molecule has 11 rings (SSSR count). The summed E-state index contributed by atoms with van der Waals surface area (Å²) < 4.78 is 3.67. The maximum atomic E-state index is 3.98. The van der Waals surface area contributed by atoms with Crippen LogP contribution in [0.15, 0.2) is 204 Å². The molecule has 0 bridgehead atoms. The lowest BCUT2D eigenvalue weighted by Crippen LogP contribution is -1.80. The highest BCUT2D eigenvalue weighted by atomic mass is 15.2. The molecule has 11 aromatic heterocycles. The van der Waals surface area contributed by atoms with Gasteiger partial charge in [-0.3, -0.25) is 30.0 Å². The fourth-order valence-electron chi connectivity index (χ4n) is 4.02. The largest absolute Gasteiger partial charge is 0.341 e. The molecule has 21 heteroatoms. The summed E-state index contributed by atoms with van der Waals surface area (Å²) in [5.41, 5.74) is 7.57. The van der Waals surface area contributed by atoms with E-state index in [2.05, 4.69) is 95.4 Å². The Morgan fingerprint density at radius 3 is 0.969 bits per heavy atom. The summed E-state index contributed by atoms with van der Waals surface area (Å²) >= 11 is 0. The lowest BCUT2D eigenvalue weighted by atomic mass is 10.3. The monoisotopic (exact) mass is 1330 g/mol. The van der Waals surface area contributed by atoms with Crippen molar-refractivity contribution in [1.29, 1.82) is 0 Å². The molecular formula is C75H133N21. The number of aryl methyl sites for hydroxylation is 11. The average Bonchev–Trinajstić information content (AvgIpc) is 4.53. The second-order valence-corrected chi connectivity index (χ2v) is 14.7. The van der Waals surface area contributed by atoms with Crippen molar-refractivity contribution in [1.82, 2.24) is 105 Å². The normalized spacial score (nSPS) is 7.43. The molecular weight excluding hydrogens is 1190 g/mol. The van der Waals surface area contributed by atoms with Gasteiger partial charge in [0.05, 0.1) is 17.7 Å². The van der Waals surface area contributed by atoms with Gasteiger partial charge in [0.25, 0.3) is 0 Å². The molecule has 0 aliphatic heterocycles. The fraction of sp³-hybridized carbons (Fsp3) is 0.440. The Morgan fingerprint density at radius 1 is 0.281 bits per heavy atom. The molecule has 0 fully saturated rings. The van der Waals surface area contributed by atoms with Gasteiger partial charge >= 0.3 is 0 Å². The molecule has 0 radical (unpaired) electrons. The molecule has 0 unspecified atom stereocenters. The second-order valence-electron chi connectivity index (χ2n) is 14.7. The average molecular weight is 1330 g/mol. The SMILES string of the molecule is CC.CC.CC.CC.CC.CC.CC.CC.CC.CC.CC.Cc1ccccn1.Cc1cccnc1.Cc1cccnn1.Cc1ccncc1.Cc1ccncn1.Cc1cnccn1.Cc1cncnc1.Cc1ncccn1.Cc1ncn[nH]1.Cn1ccnc1.Cn1cnnc1. The molecule has 11 aromatic rings. The number of nitrogens with one attached hydrogen (secondary N) is 1. The molecule has 0 aromatic carbocycles. The van der Waals surface area contributed by atoms with Crippen molar-refractivity contribution in [3.63, 3.8) is 0 Å². The highest BCUT2D eigenvalue weighted by Crippen LogP contribution is 1.90. The Hall–Kier alpha value is -9.66. The van der Waals surface area contributed by atoms with Gasteiger partial charge in [-0.25, -0.2) is 39.9 Å². The molecule has 96 heavy (non-hydrogen) atoms. The first-order valence-electron chi connectivity index (χ1n) is 33.6. The maximum Gasteiger partial charge on any atom is 0.137 e. The van der Waals surface area contributed by atoms with Crippen LogP contribution in [0.2, 0.25) is 0 Å². The van der Waals surface area contributed by atoms with Gasteiger partial charge in [-0.05, 0) is 134 Å². The molecule has 1 N–H and O–H groups in total. The van der Waals surface area contributed by atoms with Crippen LogP contribution in [0.3, 0.4) is 0 Å². The summed E-state index contributed by atoms with van der Waals surface area (Å²) in [5, 5.41) is 20.7. The summed E-state index contributed by atoms with van der Waals surface area (Å²) in [5.74, 6) is 1.68. The van der Waals surface area contributed by atoms with Gasteiger partial charge in [0.1, 0.15) is 43.3 Å². The van der Waals surface area contributed by atoms with Gasteiger partial charge in [-0.2, -0.15) is 15.3 Å². The van der Waals surface area contributed by atoms with Gasteiger partial charge < -0.3 is 9.13 Å². The standard InChI is InChI=1S/3C6H7N.5C5H6N2.C4H6N2.2C3H5N3.11C2H6/c1-6-2-4-7-5-3-6;1-6-3-2-4-7-5-6;1-6-4-2-3-5-7-6;1-5-2-6-4-7-3-5;1-5-4-6-2-3-7-5;1-5-2-3-6-4-7-5;1-5-6-3-2-4-7-5;1-5-3-2-4-6-7-5;1-6-3-2-5-4-6;1-6-2-4-5-3-6;1-3-4-2-5-6-3;11*1-2/h3*2-5H,1H3;5*2-4H,1H3;2-4H,1H3;2-3H,1H3;2H,1H3,(H,4,5,6);11*1-2H3. The second kappa shape index (κ2) is 107. The van der Waals surface area contributed by atoms with Crippen LogP contribution >= 0.6 is 0 Å². The van der Waals surface area contributed by atoms with Gasteiger partial charge in [0, 0.05) is 125 Å². The van der Waals surface area contributed by atoms with E-state index < -0.39 is 0 Å².